The lowest BCUT2D eigenvalue weighted by atomic mass is 9.75. The molecular weight excluding hydrogens is 264 g/mol. The van der Waals surface area contributed by atoms with Crippen LogP contribution in [0.4, 0.5) is 0 Å². The van der Waals surface area contributed by atoms with E-state index in [-0.39, 0.29) is 6.61 Å². The van der Waals surface area contributed by atoms with Gasteiger partial charge in [-0.05, 0) is 24.7 Å². The van der Waals surface area contributed by atoms with Crippen LogP contribution in [0.15, 0.2) is 0 Å². The number of piperidine rings is 1. The van der Waals surface area contributed by atoms with Gasteiger partial charge in [0.15, 0.2) is 0 Å². The molecule has 1 aliphatic rings. The highest BCUT2D eigenvalue weighted by molar-refractivity contribution is 7.86. The van der Waals surface area contributed by atoms with Crippen LogP contribution < -0.4 is 0 Å². The summed E-state index contributed by atoms with van der Waals surface area (Å²) in [6.45, 7) is 6.03. The van der Waals surface area contributed by atoms with Crippen molar-refractivity contribution >= 4 is 10.2 Å². The molecule has 0 atom stereocenters. The molecule has 0 amide bonds. The first kappa shape index (κ1) is 16.9. The maximum absolute atomic E-state index is 12.3. The second kappa shape index (κ2) is 7.02. The maximum atomic E-state index is 12.3. The molecule has 0 aromatic rings. The van der Waals surface area contributed by atoms with Crippen molar-refractivity contribution in [2.75, 3.05) is 33.3 Å². The van der Waals surface area contributed by atoms with Crippen LogP contribution in [0, 0.1) is 5.41 Å². The molecule has 1 saturated heterocycles. The molecule has 5 nitrogen and oxygen atoms in total. The van der Waals surface area contributed by atoms with E-state index < -0.39 is 10.2 Å². The zero-order chi connectivity index (χ0) is 14.5. The Morgan fingerprint density at radius 2 is 1.74 bits per heavy atom. The van der Waals surface area contributed by atoms with E-state index in [1.165, 1.54) is 4.31 Å². The Labute approximate surface area is 117 Å². The van der Waals surface area contributed by atoms with Gasteiger partial charge in [-0.3, -0.25) is 0 Å². The molecule has 19 heavy (non-hydrogen) atoms. The van der Waals surface area contributed by atoms with Crippen LogP contribution in [-0.2, 0) is 10.2 Å². The number of hydrogen-bond acceptors (Lipinski definition) is 3. The average Bonchev–Trinajstić information content (AvgIpc) is 2.44. The van der Waals surface area contributed by atoms with Gasteiger partial charge in [0.25, 0.3) is 10.2 Å². The van der Waals surface area contributed by atoms with Gasteiger partial charge in [0.2, 0.25) is 0 Å². The molecule has 0 unspecified atom stereocenters. The van der Waals surface area contributed by atoms with E-state index in [0.29, 0.717) is 31.5 Å². The fourth-order valence-corrected chi connectivity index (χ4v) is 4.15. The average molecular weight is 292 g/mol. The Hall–Kier alpha value is -0.170. The fraction of sp³-hybridized carbons (Fsp3) is 1.00. The molecule has 0 aromatic carbocycles. The van der Waals surface area contributed by atoms with Crippen molar-refractivity contribution in [1.29, 1.82) is 0 Å². The Balaban J connectivity index is 2.63. The van der Waals surface area contributed by atoms with Gasteiger partial charge in [0.1, 0.15) is 0 Å². The third kappa shape index (κ3) is 3.90. The van der Waals surface area contributed by atoms with Gasteiger partial charge in [0, 0.05) is 33.3 Å². The second-order valence-corrected chi connectivity index (χ2v) is 7.55. The summed E-state index contributed by atoms with van der Waals surface area (Å²) in [5.41, 5.74) is 0.329. The quantitative estimate of drug-likeness (QED) is 0.772. The van der Waals surface area contributed by atoms with E-state index in [0.717, 1.165) is 25.7 Å². The molecule has 0 bridgehead atoms. The molecule has 0 saturated carbocycles. The monoisotopic (exact) mass is 292 g/mol. The van der Waals surface area contributed by atoms with Crippen LogP contribution in [-0.4, -0.2) is 55.4 Å². The summed E-state index contributed by atoms with van der Waals surface area (Å²) in [7, 11) is -1.76. The summed E-state index contributed by atoms with van der Waals surface area (Å²) in [5, 5.41) is 8.79. The standard InChI is InChI=1S/C13H28N2O3S/c1-4-13(5-2)7-10-15(11-8-13)19(17,18)14(3)9-6-12-16/h16H,4-12H2,1-3H3. The molecule has 0 aliphatic carbocycles. The lowest BCUT2D eigenvalue weighted by Gasteiger charge is -2.41. The molecule has 1 aliphatic heterocycles. The van der Waals surface area contributed by atoms with E-state index in [2.05, 4.69) is 13.8 Å². The predicted molar refractivity (Wildman–Crippen MR) is 77.1 cm³/mol. The van der Waals surface area contributed by atoms with Crippen LogP contribution in [0.2, 0.25) is 0 Å². The number of aliphatic hydroxyl groups excluding tert-OH is 1. The number of aliphatic hydroxyl groups is 1. The number of nitrogens with zero attached hydrogens (tertiary/aromatic N) is 2. The van der Waals surface area contributed by atoms with Crippen molar-refractivity contribution in [2.24, 2.45) is 5.41 Å². The summed E-state index contributed by atoms with van der Waals surface area (Å²) in [6.07, 6.45) is 4.63. The van der Waals surface area contributed by atoms with Gasteiger partial charge in [-0.1, -0.05) is 26.7 Å². The Kier molecular flexibility index (Phi) is 6.23. The van der Waals surface area contributed by atoms with Crippen LogP contribution in [0.3, 0.4) is 0 Å². The molecule has 1 rings (SSSR count). The summed E-state index contributed by atoms with van der Waals surface area (Å²) >= 11 is 0. The molecule has 6 heteroatoms. The minimum absolute atomic E-state index is 0.0225. The molecule has 0 radical (unpaired) electrons. The van der Waals surface area contributed by atoms with Gasteiger partial charge in [0.05, 0.1) is 0 Å². The zero-order valence-electron chi connectivity index (χ0n) is 12.4. The minimum Gasteiger partial charge on any atom is -0.396 e. The Bertz CT molecular complexity index is 356. The highest BCUT2D eigenvalue weighted by atomic mass is 32.2. The molecule has 1 heterocycles. The largest absolute Gasteiger partial charge is 0.396 e. The Morgan fingerprint density at radius 1 is 1.21 bits per heavy atom. The highest BCUT2D eigenvalue weighted by Crippen LogP contribution is 2.38. The second-order valence-electron chi connectivity index (χ2n) is 5.51. The molecule has 1 fully saturated rings. The van der Waals surface area contributed by atoms with Gasteiger partial charge < -0.3 is 5.11 Å². The van der Waals surface area contributed by atoms with Crippen molar-refractivity contribution in [3.8, 4) is 0 Å². The first-order valence-corrected chi connectivity index (χ1v) is 8.64. The first-order valence-electron chi connectivity index (χ1n) is 7.24. The van der Waals surface area contributed by atoms with Crippen LogP contribution in [0.25, 0.3) is 0 Å². The summed E-state index contributed by atoms with van der Waals surface area (Å²) in [6, 6.07) is 0. The van der Waals surface area contributed by atoms with Crippen molar-refractivity contribution in [3.05, 3.63) is 0 Å². The zero-order valence-corrected chi connectivity index (χ0v) is 13.2. The van der Waals surface area contributed by atoms with Crippen LogP contribution >= 0.6 is 0 Å². The molecular formula is C13H28N2O3S. The number of hydrogen-bond donors (Lipinski definition) is 1. The lowest BCUT2D eigenvalue weighted by molar-refractivity contribution is 0.137. The summed E-state index contributed by atoms with van der Waals surface area (Å²) < 4.78 is 27.6. The fourth-order valence-electron chi connectivity index (χ4n) is 2.75. The molecule has 0 spiro atoms. The SMILES string of the molecule is CCC1(CC)CCN(S(=O)(=O)N(C)CCCO)CC1. The maximum Gasteiger partial charge on any atom is 0.281 e. The molecule has 1 N–H and O–H groups in total. The normalized spacial score (nSPS) is 20.9. The third-order valence-corrected chi connectivity index (χ3v) is 6.62. The topological polar surface area (TPSA) is 60.9 Å². The molecule has 114 valence electrons. The Morgan fingerprint density at radius 3 is 2.16 bits per heavy atom. The molecule has 0 aromatic heterocycles. The van der Waals surface area contributed by atoms with Gasteiger partial charge in [-0.15, -0.1) is 0 Å². The van der Waals surface area contributed by atoms with Crippen molar-refractivity contribution in [3.63, 3.8) is 0 Å². The van der Waals surface area contributed by atoms with Crippen LogP contribution in [0.5, 0.6) is 0 Å². The minimum atomic E-state index is -3.35. The van der Waals surface area contributed by atoms with E-state index in [9.17, 15) is 8.42 Å². The van der Waals surface area contributed by atoms with Gasteiger partial charge in [-0.25, -0.2) is 0 Å². The summed E-state index contributed by atoms with van der Waals surface area (Å²) in [4.78, 5) is 0. The van der Waals surface area contributed by atoms with Gasteiger partial charge in [-0.2, -0.15) is 17.0 Å². The number of rotatable bonds is 7. The van der Waals surface area contributed by atoms with E-state index in [1.54, 1.807) is 11.4 Å². The van der Waals surface area contributed by atoms with Crippen molar-refractivity contribution < 1.29 is 13.5 Å². The van der Waals surface area contributed by atoms with Crippen LogP contribution in [0.1, 0.15) is 46.0 Å². The first-order chi connectivity index (χ1) is 8.91. The van der Waals surface area contributed by atoms with E-state index in [1.807, 2.05) is 0 Å². The predicted octanol–water partition coefficient (Wildman–Crippen LogP) is 1.45. The lowest BCUT2D eigenvalue weighted by Crippen LogP contribution is -2.48. The summed E-state index contributed by atoms with van der Waals surface area (Å²) in [5.74, 6) is 0. The van der Waals surface area contributed by atoms with E-state index >= 15 is 0 Å². The third-order valence-electron chi connectivity index (χ3n) is 4.63. The smallest absolute Gasteiger partial charge is 0.281 e. The highest BCUT2D eigenvalue weighted by Gasteiger charge is 2.36. The van der Waals surface area contributed by atoms with Crippen molar-refractivity contribution in [2.45, 2.75) is 46.0 Å². The van der Waals surface area contributed by atoms with Crippen molar-refractivity contribution in [1.82, 2.24) is 8.61 Å². The van der Waals surface area contributed by atoms with Gasteiger partial charge >= 0.3 is 0 Å². The van der Waals surface area contributed by atoms with E-state index in [4.69, 9.17) is 5.11 Å².